The molecule has 0 saturated carbocycles. The molecule has 0 fully saturated rings. The normalized spacial score (nSPS) is 6.73. The molecular weight excluding hydrogens is 203 g/mol. The second kappa shape index (κ2) is 12.1. The second-order valence-electron chi connectivity index (χ2n) is 1.06. The molecule has 0 saturated heterocycles. The monoisotopic (exact) mass is 208 g/mol. The van der Waals surface area contributed by atoms with Gasteiger partial charge < -0.3 is 30.0 Å². The number of aliphatic hydroxyl groups is 2. The summed E-state index contributed by atoms with van der Waals surface area (Å²) in [5.41, 5.74) is 0. The van der Waals surface area contributed by atoms with Crippen molar-refractivity contribution in [1.82, 2.24) is 0 Å². The van der Waals surface area contributed by atoms with Gasteiger partial charge >= 0.3 is 16.5 Å². The molecule has 68 valence electrons. The van der Waals surface area contributed by atoms with Gasteiger partial charge in [-0.3, -0.25) is 0 Å². The molecule has 11 heavy (non-hydrogen) atoms. The van der Waals surface area contributed by atoms with E-state index < -0.39 is 25.2 Å². The zero-order chi connectivity index (χ0) is 8.57. The molecule has 0 aromatic carbocycles. The van der Waals surface area contributed by atoms with Gasteiger partial charge in [0.25, 0.3) is 0 Å². The van der Waals surface area contributed by atoms with Gasteiger partial charge in [-0.2, -0.15) is 0 Å². The van der Waals surface area contributed by atoms with Crippen LogP contribution in [-0.2, 0) is 26.1 Å². The molecule has 7 heteroatoms. The molecule has 0 aliphatic rings. The minimum Gasteiger partial charge on any atom is -0.548 e. The van der Waals surface area contributed by atoms with E-state index in [0.29, 0.717) is 0 Å². The SMILES string of the molecule is O=C([O-])CO.O=C([O-])CO.[Ni+2]. The van der Waals surface area contributed by atoms with Crippen LogP contribution in [-0.4, -0.2) is 35.4 Å². The van der Waals surface area contributed by atoms with Crippen LogP contribution >= 0.6 is 0 Å². The minimum absolute atomic E-state index is 0. The van der Waals surface area contributed by atoms with E-state index in [1.54, 1.807) is 0 Å². The second-order valence-corrected chi connectivity index (χ2v) is 1.06. The first-order valence-electron chi connectivity index (χ1n) is 2.16. The zero-order valence-corrected chi connectivity index (χ0v) is 6.25. The van der Waals surface area contributed by atoms with Crippen molar-refractivity contribution in [2.24, 2.45) is 0 Å². The first kappa shape index (κ1) is 16.8. The summed E-state index contributed by atoms with van der Waals surface area (Å²) >= 11 is 0. The van der Waals surface area contributed by atoms with Crippen molar-refractivity contribution in [3.8, 4) is 0 Å². The summed E-state index contributed by atoms with van der Waals surface area (Å²) < 4.78 is 0. The molecule has 0 heterocycles. The Kier molecular flexibility index (Phi) is 18.4. The summed E-state index contributed by atoms with van der Waals surface area (Å²) in [6, 6.07) is 0. The number of rotatable bonds is 2. The summed E-state index contributed by atoms with van der Waals surface area (Å²) in [5.74, 6) is -2.88. The smallest absolute Gasteiger partial charge is 0.548 e. The van der Waals surface area contributed by atoms with Gasteiger partial charge in [0, 0.05) is 0 Å². The number of carbonyl (C=O) groups excluding carboxylic acids is 2. The molecule has 0 aliphatic carbocycles. The van der Waals surface area contributed by atoms with E-state index in [0.717, 1.165) is 0 Å². The Morgan fingerprint density at radius 2 is 1.09 bits per heavy atom. The van der Waals surface area contributed by atoms with Gasteiger partial charge in [-0.25, -0.2) is 0 Å². The number of carboxylic acid groups (broad SMARTS) is 2. The maximum absolute atomic E-state index is 9.01. The van der Waals surface area contributed by atoms with E-state index in [4.69, 9.17) is 30.0 Å². The largest absolute Gasteiger partial charge is 2.00 e. The van der Waals surface area contributed by atoms with E-state index >= 15 is 0 Å². The molecule has 0 spiro atoms. The van der Waals surface area contributed by atoms with Crippen LogP contribution in [0.25, 0.3) is 0 Å². The zero-order valence-electron chi connectivity index (χ0n) is 5.26. The molecule has 0 radical (unpaired) electrons. The average molecular weight is 209 g/mol. The van der Waals surface area contributed by atoms with Crippen molar-refractivity contribution in [2.75, 3.05) is 13.2 Å². The predicted octanol–water partition coefficient (Wildman–Crippen LogP) is -4.55. The van der Waals surface area contributed by atoms with Gasteiger partial charge in [0.1, 0.15) is 0 Å². The molecule has 0 aromatic rings. The van der Waals surface area contributed by atoms with Crippen LogP contribution in [0.5, 0.6) is 0 Å². The molecular formula is C4H6NiO6. The quantitative estimate of drug-likeness (QED) is 0.441. The number of carbonyl (C=O) groups is 2. The Morgan fingerprint density at radius 1 is 1.00 bits per heavy atom. The summed E-state index contributed by atoms with van der Waals surface area (Å²) in [4.78, 5) is 18.0. The third kappa shape index (κ3) is 45.0. The van der Waals surface area contributed by atoms with Gasteiger partial charge in [-0.1, -0.05) is 0 Å². The van der Waals surface area contributed by atoms with Crippen LogP contribution in [0.2, 0.25) is 0 Å². The topological polar surface area (TPSA) is 121 Å². The van der Waals surface area contributed by atoms with Crippen molar-refractivity contribution >= 4 is 11.9 Å². The molecule has 0 rings (SSSR count). The fraction of sp³-hybridized carbons (Fsp3) is 0.500. The maximum atomic E-state index is 9.01. The van der Waals surface area contributed by atoms with Gasteiger partial charge in [0.2, 0.25) is 0 Å². The standard InChI is InChI=1S/2C2H4O3.Ni/c2*3-1-2(4)5;/h2*3H,1H2,(H,4,5);/q;;+2/p-2. The first-order chi connectivity index (χ1) is 4.54. The molecule has 0 aromatic heterocycles. The molecule has 0 atom stereocenters. The fourth-order valence-corrected chi connectivity index (χ4v) is 0. The van der Waals surface area contributed by atoms with Gasteiger partial charge in [0.15, 0.2) is 0 Å². The van der Waals surface area contributed by atoms with Crippen LogP contribution in [0.1, 0.15) is 0 Å². The van der Waals surface area contributed by atoms with E-state index in [-0.39, 0.29) is 16.5 Å². The number of aliphatic carboxylic acids is 2. The summed E-state index contributed by atoms with van der Waals surface area (Å²) in [5, 5.41) is 33.0. The Morgan fingerprint density at radius 3 is 1.09 bits per heavy atom. The molecule has 0 aliphatic heterocycles. The van der Waals surface area contributed by atoms with E-state index in [1.165, 1.54) is 0 Å². The molecule has 2 N–H and O–H groups in total. The van der Waals surface area contributed by atoms with Crippen molar-refractivity contribution in [1.29, 1.82) is 0 Å². The Labute approximate surface area is 72.4 Å². The minimum atomic E-state index is -1.44. The van der Waals surface area contributed by atoms with E-state index in [9.17, 15) is 0 Å². The fourth-order valence-electron chi connectivity index (χ4n) is 0. The molecule has 6 nitrogen and oxygen atoms in total. The van der Waals surface area contributed by atoms with Crippen LogP contribution in [0.4, 0.5) is 0 Å². The van der Waals surface area contributed by atoms with Crippen LogP contribution in [0.3, 0.4) is 0 Å². The molecule has 0 amide bonds. The third-order valence-electron chi connectivity index (χ3n) is 0.258. The summed E-state index contributed by atoms with van der Waals surface area (Å²) in [6.07, 6.45) is 0. The van der Waals surface area contributed by atoms with Crippen LogP contribution in [0.15, 0.2) is 0 Å². The Bertz CT molecular complexity index is 99.1. The Hall–Kier alpha value is -0.646. The summed E-state index contributed by atoms with van der Waals surface area (Å²) in [6.45, 7) is -1.78. The molecule has 0 unspecified atom stereocenters. The Balaban J connectivity index is -0.000000107. The van der Waals surface area contributed by atoms with Gasteiger partial charge in [-0.15, -0.1) is 0 Å². The average Bonchev–Trinajstić information content (AvgIpc) is 1.89. The number of carboxylic acids is 2. The van der Waals surface area contributed by atoms with Crippen molar-refractivity contribution in [2.45, 2.75) is 0 Å². The molecule has 0 bridgehead atoms. The number of hydrogen-bond acceptors (Lipinski definition) is 6. The third-order valence-corrected chi connectivity index (χ3v) is 0.258. The summed E-state index contributed by atoms with van der Waals surface area (Å²) in [7, 11) is 0. The van der Waals surface area contributed by atoms with Gasteiger partial charge in [0.05, 0.1) is 25.2 Å². The van der Waals surface area contributed by atoms with Crippen LogP contribution in [0, 0.1) is 0 Å². The van der Waals surface area contributed by atoms with E-state index in [2.05, 4.69) is 0 Å². The first-order valence-corrected chi connectivity index (χ1v) is 2.16. The van der Waals surface area contributed by atoms with Crippen molar-refractivity contribution in [3.63, 3.8) is 0 Å². The number of hydrogen-bond donors (Lipinski definition) is 2. The van der Waals surface area contributed by atoms with Crippen molar-refractivity contribution < 1.29 is 46.5 Å². The van der Waals surface area contributed by atoms with Crippen molar-refractivity contribution in [3.05, 3.63) is 0 Å². The number of aliphatic hydroxyl groups excluding tert-OH is 2. The van der Waals surface area contributed by atoms with E-state index in [1.807, 2.05) is 0 Å². The van der Waals surface area contributed by atoms with Crippen LogP contribution < -0.4 is 10.2 Å². The predicted molar refractivity (Wildman–Crippen MR) is 24.2 cm³/mol. The van der Waals surface area contributed by atoms with Gasteiger partial charge in [-0.05, 0) is 0 Å². The maximum Gasteiger partial charge on any atom is 2.00 e.